The van der Waals surface area contributed by atoms with Gasteiger partial charge in [-0.15, -0.1) is 0 Å². The van der Waals surface area contributed by atoms with E-state index in [1.54, 1.807) is 0 Å². The van der Waals surface area contributed by atoms with Gasteiger partial charge in [-0.25, -0.2) is 0 Å². The summed E-state index contributed by atoms with van der Waals surface area (Å²) in [6.45, 7) is 9.73. The largest absolute Gasteiger partial charge is 0.379 e. The maximum atomic E-state index is 13.0. The summed E-state index contributed by atoms with van der Waals surface area (Å²) in [4.78, 5) is 17.7. The molecule has 3 aliphatic rings. The fourth-order valence-electron chi connectivity index (χ4n) is 4.04. The maximum Gasteiger partial charge on any atom is 0.230 e. The predicted octanol–water partition coefficient (Wildman–Crippen LogP) is 0.696. The third kappa shape index (κ3) is 3.10. The molecule has 0 aromatic heterocycles. The molecule has 4 unspecified atom stereocenters. The lowest BCUT2D eigenvalue weighted by molar-refractivity contribution is -0.141. The van der Waals surface area contributed by atoms with E-state index in [9.17, 15) is 4.79 Å². The summed E-state index contributed by atoms with van der Waals surface area (Å²) in [6, 6.07) is 1.13. The second kappa shape index (κ2) is 6.63. The normalized spacial score (nSPS) is 37.0. The van der Waals surface area contributed by atoms with Crippen LogP contribution < -0.4 is 5.32 Å². The highest BCUT2D eigenvalue weighted by molar-refractivity contribution is 5.80. The van der Waals surface area contributed by atoms with Crippen molar-refractivity contribution in [2.24, 2.45) is 5.92 Å². The van der Waals surface area contributed by atoms with Crippen LogP contribution in [0.4, 0.5) is 0 Å². The van der Waals surface area contributed by atoms with Gasteiger partial charge >= 0.3 is 0 Å². The van der Waals surface area contributed by atoms with E-state index < -0.39 is 0 Å². The molecule has 0 radical (unpaired) electrons. The van der Waals surface area contributed by atoms with Crippen molar-refractivity contribution in [2.45, 2.75) is 51.2 Å². The first-order valence-electron chi connectivity index (χ1n) is 8.56. The van der Waals surface area contributed by atoms with Crippen molar-refractivity contribution in [1.82, 2.24) is 15.1 Å². The van der Waals surface area contributed by atoms with Crippen molar-refractivity contribution in [1.29, 1.82) is 0 Å². The molecule has 3 rings (SSSR count). The van der Waals surface area contributed by atoms with Crippen LogP contribution in [0.15, 0.2) is 0 Å². The van der Waals surface area contributed by atoms with Gasteiger partial charge in [0, 0.05) is 31.2 Å². The number of ether oxygens (including phenoxy) is 1. The van der Waals surface area contributed by atoms with Crippen LogP contribution in [-0.4, -0.2) is 73.2 Å². The summed E-state index contributed by atoms with van der Waals surface area (Å²) < 4.78 is 5.58. The average molecular weight is 295 g/mol. The van der Waals surface area contributed by atoms with E-state index in [1.807, 2.05) is 0 Å². The SMILES string of the molecule is CCCNC1COCC1C(=O)N1CC2CCCN2CC1C. The Labute approximate surface area is 128 Å². The Bertz CT molecular complexity index is 377. The van der Waals surface area contributed by atoms with Gasteiger partial charge in [0.2, 0.25) is 5.91 Å². The Balaban J connectivity index is 1.63. The molecule has 0 aromatic rings. The van der Waals surface area contributed by atoms with E-state index in [0.717, 1.165) is 26.1 Å². The Morgan fingerprint density at radius 2 is 2.19 bits per heavy atom. The summed E-state index contributed by atoms with van der Waals surface area (Å²) in [5, 5.41) is 3.48. The van der Waals surface area contributed by atoms with Gasteiger partial charge in [0.05, 0.1) is 19.1 Å². The zero-order valence-electron chi connectivity index (χ0n) is 13.4. The average Bonchev–Trinajstić information content (AvgIpc) is 3.11. The molecule has 1 amide bonds. The van der Waals surface area contributed by atoms with Gasteiger partial charge in [-0.1, -0.05) is 6.92 Å². The highest BCUT2D eigenvalue weighted by Gasteiger charge is 2.42. The summed E-state index contributed by atoms with van der Waals surface area (Å²) in [7, 11) is 0. The van der Waals surface area contributed by atoms with E-state index in [0.29, 0.717) is 31.2 Å². The molecule has 3 aliphatic heterocycles. The minimum atomic E-state index is 0.00644. The van der Waals surface area contributed by atoms with E-state index in [1.165, 1.54) is 19.4 Å². The van der Waals surface area contributed by atoms with Crippen molar-refractivity contribution in [3.8, 4) is 0 Å². The van der Waals surface area contributed by atoms with Gasteiger partial charge in [-0.05, 0) is 39.3 Å². The molecule has 21 heavy (non-hydrogen) atoms. The quantitative estimate of drug-likeness (QED) is 0.829. The molecule has 0 spiro atoms. The minimum Gasteiger partial charge on any atom is -0.379 e. The minimum absolute atomic E-state index is 0.00644. The van der Waals surface area contributed by atoms with Gasteiger partial charge in [-0.2, -0.15) is 0 Å². The molecule has 3 fully saturated rings. The number of carbonyl (C=O) groups is 1. The van der Waals surface area contributed by atoms with Crippen LogP contribution >= 0.6 is 0 Å². The topological polar surface area (TPSA) is 44.8 Å². The third-order valence-corrected chi connectivity index (χ3v) is 5.27. The van der Waals surface area contributed by atoms with Crippen molar-refractivity contribution in [2.75, 3.05) is 39.4 Å². The molecule has 1 N–H and O–H groups in total. The van der Waals surface area contributed by atoms with Crippen molar-refractivity contribution in [3.63, 3.8) is 0 Å². The van der Waals surface area contributed by atoms with Crippen LogP contribution in [0.25, 0.3) is 0 Å². The first kappa shape index (κ1) is 15.3. The zero-order valence-corrected chi connectivity index (χ0v) is 13.4. The molecular weight excluding hydrogens is 266 g/mol. The van der Waals surface area contributed by atoms with E-state index in [4.69, 9.17) is 4.74 Å². The molecule has 4 atom stereocenters. The van der Waals surface area contributed by atoms with Crippen molar-refractivity contribution in [3.05, 3.63) is 0 Å². The van der Waals surface area contributed by atoms with Gasteiger partial charge < -0.3 is 15.0 Å². The smallest absolute Gasteiger partial charge is 0.230 e. The molecular formula is C16H29N3O2. The standard InChI is InChI=1S/C16H29N3O2/c1-3-6-17-15-11-21-10-14(15)16(20)19-9-13-5-4-7-18(13)8-12(19)2/h12-15,17H,3-11H2,1-2H3. The molecule has 3 heterocycles. The third-order valence-electron chi connectivity index (χ3n) is 5.27. The zero-order chi connectivity index (χ0) is 14.8. The summed E-state index contributed by atoms with van der Waals surface area (Å²) in [5.41, 5.74) is 0. The Morgan fingerprint density at radius 3 is 3.00 bits per heavy atom. The lowest BCUT2D eigenvalue weighted by atomic mass is 9.98. The van der Waals surface area contributed by atoms with Crippen LogP contribution in [0.5, 0.6) is 0 Å². The van der Waals surface area contributed by atoms with Crippen molar-refractivity contribution < 1.29 is 9.53 Å². The second-order valence-corrected chi connectivity index (χ2v) is 6.84. The Hall–Kier alpha value is -0.650. The van der Waals surface area contributed by atoms with Gasteiger partial charge in [0.15, 0.2) is 0 Å². The van der Waals surface area contributed by atoms with Crippen LogP contribution in [0.1, 0.15) is 33.1 Å². The fourth-order valence-corrected chi connectivity index (χ4v) is 4.04. The monoisotopic (exact) mass is 295 g/mol. The second-order valence-electron chi connectivity index (χ2n) is 6.84. The number of carbonyl (C=O) groups excluding carboxylic acids is 1. The summed E-state index contributed by atoms with van der Waals surface area (Å²) in [5.74, 6) is 0.312. The first-order valence-corrected chi connectivity index (χ1v) is 8.56. The van der Waals surface area contributed by atoms with Gasteiger partial charge in [-0.3, -0.25) is 9.69 Å². The number of nitrogens with one attached hydrogen (secondary N) is 1. The summed E-state index contributed by atoms with van der Waals surface area (Å²) >= 11 is 0. The Morgan fingerprint density at radius 1 is 1.33 bits per heavy atom. The predicted molar refractivity (Wildman–Crippen MR) is 82.2 cm³/mol. The molecule has 0 aliphatic carbocycles. The first-order chi connectivity index (χ1) is 10.2. The Kier molecular flexibility index (Phi) is 4.82. The number of rotatable bonds is 4. The number of amides is 1. The van der Waals surface area contributed by atoms with E-state index in [2.05, 4.69) is 29.0 Å². The van der Waals surface area contributed by atoms with Crippen LogP contribution in [0.2, 0.25) is 0 Å². The molecule has 3 saturated heterocycles. The molecule has 0 saturated carbocycles. The molecule has 0 bridgehead atoms. The molecule has 5 nitrogen and oxygen atoms in total. The number of hydrogen-bond acceptors (Lipinski definition) is 4. The lowest BCUT2D eigenvalue weighted by Crippen LogP contribution is -2.59. The highest BCUT2D eigenvalue weighted by Crippen LogP contribution is 2.27. The number of fused-ring (bicyclic) bond motifs is 1. The maximum absolute atomic E-state index is 13.0. The summed E-state index contributed by atoms with van der Waals surface area (Å²) in [6.07, 6.45) is 3.62. The number of nitrogens with zero attached hydrogens (tertiary/aromatic N) is 2. The lowest BCUT2D eigenvalue weighted by Gasteiger charge is -2.43. The van der Waals surface area contributed by atoms with Crippen LogP contribution in [-0.2, 0) is 9.53 Å². The number of piperazine rings is 1. The highest BCUT2D eigenvalue weighted by atomic mass is 16.5. The fraction of sp³-hybridized carbons (Fsp3) is 0.938. The van der Waals surface area contributed by atoms with Crippen LogP contribution in [0, 0.1) is 5.92 Å². The van der Waals surface area contributed by atoms with Gasteiger partial charge in [0.25, 0.3) is 0 Å². The molecule has 120 valence electrons. The molecule has 0 aromatic carbocycles. The van der Waals surface area contributed by atoms with Crippen LogP contribution in [0.3, 0.4) is 0 Å². The van der Waals surface area contributed by atoms with E-state index in [-0.39, 0.29) is 12.0 Å². The molecule has 5 heteroatoms. The van der Waals surface area contributed by atoms with E-state index >= 15 is 0 Å². The van der Waals surface area contributed by atoms with Crippen molar-refractivity contribution >= 4 is 5.91 Å². The van der Waals surface area contributed by atoms with Gasteiger partial charge in [0.1, 0.15) is 0 Å². The number of hydrogen-bond donors (Lipinski definition) is 1.